The van der Waals surface area contributed by atoms with E-state index in [1.54, 1.807) is 0 Å². The number of rotatable bonds is 4. The highest BCUT2D eigenvalue weighted by Crippen LogP contribution is 2.54. The molecular formula is C8H7ClO8. The van der Waals surface area contributed by atoms with Gasteiger partial charge in [-0.3, -0.25) is 19.2 Å². The summed E-state index contributed by atoms with van der Waals surface area (Å²) in [5, 5.41) is 35.0. The van der Waals surface area contributed by atoms with E-state index in [-0.39, 0.29) is 0 Å². The molecular weight excluding hydrogens is 260 g/mol. The number of carboxylic acids is 4. The van der Waals surface area contributed by atoms with Crippen LogP contribution in [0.15, 0.2) is 0 Å². The molecule has 9 heteroatoms. The van der Waals surface area contributed by atoms with Gasteiger partial charge in [-0.05, 0) is 0 Å². The lowest BCUT2D eigenvalue weighted by Crippen LogP contribution is -2.70. The normalized spacial score (nSPS) is 35.7. The van der Waals surface area contributed by atoms with Crippen molar-refractivity contribution in [2.45, 2.75) is 4.87 Å². The summed E-state index contributed by atoms with van der Waals surface area (Å²) in [7, 11) is 0. The van der Waals surface area contributed by atoms with Crippen LogP contribution in [0.25, 0.3) is 0 Å². The standard InChI is InChI=1S/C8H7ClO8/c9-8(7(16)17)2(5(12)13)1(4(10)11)3(8)6(14)15/h1-3H,(H,10,11)(H,12,13)(H,14,15)(H,16,17). The summed E-state index contributed by atoms with van der Waals surface area (Å²) in [6.45, 7) is 0. The van der Waals surface area contributed by atoms with Crippen molar-refractivity contribution >= 4 is 35.5 Å². The maximum absolute atomic E-state index is 10.8. The zero-order valence-electron chi connectivity index (χ0n) is 8.03. The maximum Gasteiger partial charge on any atom is 0.326 e. The summed E-state index contributed by atoms with van der Waals surface area (Å²) < 4.78 is 0. The maximum atomic E-state index is 10.8. The minimum atomic E-state index is -2.64. The van der Waals surface area contributed by atoms with Crippen molar-refractivity contribution in [2.24, 2.45) is 17.8 Å². The van der Waals surface area contributed by atoms with E-state index in [0.717, 1.165) is 0 Å². The fraction of sp³-hybridized carbons (Fsp3) is 0.500. The first-order valence-electron chi connectivity index (χ1n) is 4.26. The molecule has 17 heavy (non-hydrogen) atoms. The van der Waals surface area contributed by atoms with Gasteiger partial charge in [-0.2, -0.15) is 0 Å². The Balaban J connectivity index is 3.28. The average molecular weight is 267 g/mol. The highest BCUT2D eigenvalue weighted by atomic mass is 35.5. The average Bonchev–Trinajstić information content (AvgIpc) is 2.10. The number of carboxylic acid groups (broad SMARTS) is 4. The summed E-state index contributed by atoms with van der Waals surface area (Å²) in [6.07, 6.45) is 0. The largest absolute Gasteiger partial charge is 0.481 e. The highest BCUT2D eigenvalue weighted by molar-refractivity contribution is 6.38. The van der Waals surface area contributed by atoms with E-state index >= 15 is 0 Å². The van der Waals surface area contributed by atoms with Crippen LogP contribution in [0.2, 0.25) is 0 Å². The summed E-state index contributed by atoms with van der Waals surface area (Å²) in [4.78, 5) is 40.5. The molecule has 94 valence electrons. The molecule has 0 aromatic heterocycles. The summed E-state index contributed by atoms with van der Waals surface area (Å²) in [5.41, 5.74) is 0. The Labute approximate surface area is 98.4 Å². The lowest BCUT2D eigenvalue weighted by atomic mass is 9.55. The third kappa shape index (κ3) is 1.60. The molecule has 0 aliphatic heterocycles. The third-order valence-corrected chi connectivity index (χ3v) is 3.40. The van der Waals surface area contributed by atoms with Crippen molar-refractivity contribution in [1.82, 2.24) is 0 Å². The Kier molecular flexibility index (Phi) is 3.02. The van der Waals surface area contributed by atoms with Gasteiger partial charge in [0.05, 0.1) is 5.92 Å². The molecule has 1 aliphatic carbocycles. The van der Waals surface area contributed by atoms with Crippen molar-refractivity contribution in [1.29, 1.82) is 0 Å². The first kappa shape index (κ1) is 13.2. The predicted molar refractivity (Wildman–Crippen MR) is 49.6 cm³/mol. The van der Waals surface area contributed by atoms with E-state index in [1.165, 1.54) is 0 Å². The zero-order valence-corrected chi connectivity index (χ0v) is 8.79. The molecule has 0 aromatic carbocycles. The van der Waals surface area contributed by atoms with Gasteiger partial charge in [-0.1, -0.05) is 0 Å². The lowest BCUT2D eigenvalue weighted by Gasteiger charge is -2.48. The molecule has 1 aliphatic rings. The first-order valence-corrected chi connectivity index (χ1v) is 4.64. The molecule has 0 heterocycles. The molecule has 8 nitrogen and oxygen atoms in total. The fourth-order valence-electron chi connectivity index (χ4n) is 2.01. The summed E-state index contributed by atoms with van der Waals surface area (Å²) in [5.74, 6) is -12.9. The Morgan fingerprint density at radius 1 is 0.824 bits per heavy atom. The van der Waals surface area contributed by atoms with Crippen LogP contribution in [0, 0.1) is 17.8 Å². The molecule has 2 unspecified atom stereocenters. The molecule has 0 amide bonds. The van der Waals surface area contributed by atoms with E-state index in [2.05, 4.69) is 0 Å². The molecule has 2 atom stereocenters. The van der Waals surface area contributed by atoms with Crippen molar-refractivity contribution in [2.75, 3.05) is 0 Å². The van der Waals surface area contributed by atoms with Crippen molar-refractivity contribution in [3.8, 4) is 0 Å². The summed E-state index contributed by atoms with van der Waals surface area (Å²) >= 11 is 5.48. The van der Waals surface area contributed by atoms with Crippen LogP contribution >= 0.6 is 11.6 Å². The van der Waals surface area contributed by atoms with E-state index in [0.29, 0.717) is 0 Å². The molecule has 0 radical (unpaired) electrons. The van der Waals surface area contributed by atoms with E-state index in [1.807, 2.05) is 0 Å². The van der Waals surface area contributed by atoms with Crippen molar-refractivity contribution in [3.63, 3.8) is 0 Å². The topological polar surface area (TPSA) is 149 Å². The number of alkyl halides is 1. The molecule has 1 fully saturated rings. The van der Waals surface area contributed by atoms with Gasteiger partial charge in [-0.25, -0.2) is 0 Å². The van der Waals surface area contributed by atoms with Crippen LogP contribution in [0.1, 0.15) is 0 Å². The van der Waals surface area contributed by atoms with Crippen LogP contribution < -0.4 is 0 Å². The number of hydrogen-bond acceptors (Lipinski definition) is 4. The van der Waals surface area contributed by atoms with Gasteiger partial charge < -0.3 is 20.4 Å². The molecule has 4 N–H and O–H groups in total. The summed E-state index contributed by atoms with van der Waals surface area (Å²) in [6, 6.07) is 0. The second kappa shape index (κ2) is 3.88. The van der Waals surface area contributed by atoms with Gasteiger partial charge in [-0.15, -0.1) is 11.6 Å². The fourth-order valence-corrected chi connectivity index (χ4v) is 2.47. The van der Waals surface area contributed by atoms with Gasteiger partial charge in [0, 0.05) is 0 Å². The van der Waals surface area contributed by atoms with Crippen LogP contribution in [0.5, 0.6) is 0 Å². The minimum absolute atomic E-state index is 1.71. The van der Waals surface area contributed by atoms with Gasteiger partial charge in [0.2, 0.25) is 0 Å². The highest BCUT2D eigenvalue weighted by Gasteiger charge is 2.74. The SMILES string of the molecule is O=C(O)C1C(C(=O)O)C(Cl)(C(=O)O)C1C(=O)O. The number of carbonyl (C=O) groups is 4. The zero-order chi connectivity index (χ0) is 13.5. The van der Waals surface area contributed by atoms with Crippen LogP contribution in [0.4, 0.5) is 0 Å². The van der Waals surface area contributed by atoms with Gasteiger partial charge in [0.25, 0.3) is 0 Å². The quantitative estimate of drug-likeness (QED) is 0.481. The van der Waals surface area contributed by atoms with Crippen LogP contribution in [0.3, 0.4) is 0 Å². The minimum Gasteiger partial charge on any atom is -0.481 e. The van der Waals surface area contributed by atoms with Gasteiger partial charge >= 0.3 is 23.9 Å². The molecule has 0 spiro atoms. The lowest BCUT2D eigenvalue weighted by molar-refractivity contribution is -0.187. The first-order chi connectivity index (χ1) is 7.65. The monoisotopic (exact) mass is 266 g/mol. The molecule has 0 saturated heterocycles. The van der Waals surface area contributed by atoms with Gasteiger partial charge in [0.15, 0.2) is 4.87 Å². The Morgan fingerprint density at radius 2 is 1.18 bits per heavy atom. The second-order valence-electron chi connectivity index (χ2n) is 3.57. The van der Waals surface area contributed by atoms with E-state index < -0.39 is 46.5 Å². The molecule has 0 aromatic rings. The molecule has 1 rings (SSSR count). The van der Waals surface area contributed by atoms with Crippen LogP contribution in [-0.4, -0.2) is 49.2 Å². The Morgan fingerprint density at radius 3 is 1.35 bits per heavy atom. The molecule has 1 saturated carbocycles. The Bertz CT molecular complexity index is 394. The van der Waals surface area contributed by atoms with E-state index in [4.69, 9.17) is 32.0 Å². The van der Waals surface area contributed by atoms with Crippen molar-refractivity contribution in [3.05, 3.63) is 0 Å². The second-order valence-corrected chi connectivity index (χ2v) is 4.19. The van der Waals surface area contributed by atoms with E-state index in [9.17, 15) is 19.2 Å². The third-order valence-electron chi connectivity index (χ3n) is 2.77. The van der Waals surface area contributed by atoms with Crippen molar-refractivity contribution < 1.29 is 39.6 Å². The predicted octanol–water partition coefficient (Wildman–Crippen LogP) is -0.835. The number of halogens is 1. The number of hydrogen-bond donors (Lipinski definition) is 4. The van der Waals surface area contributed by atoms with Gasteiger partial charge in [0.1, 0.15) is 11.8 Å². The molecule has 0 bridgehead atoms. The number of aliphatic carboxylic acids is 4. The van der Waals surface area contributed by atoms with Crippen LogP contribution in [-0.2, 0) is 19.2 Å². The Hall–Kier alpha value is -1.83. The smallest absolute Gasteiger partial charge is 0.326 e.